The number of methoxy groups -OCH3 is 1. The fraction of sp³-hybridized carbons (Fsp3) is 0.158. The Kier molecular flexibility index (Phi) is 4.33. The molecule has 0 saturated carbocycles. The maximum atomic E-state index is 11.4. The van der Waals surface area contributed by atoms with E-state index in [1.165, 1.54) is 11.8 Å². The molecule has 5 heteroatoms. The van der Waals surface area contributed by atoms with E-state index in [2.05, 4.69) is 11.9 Å². The highest BCUT2D eigenvalue weighted by atomic mass is 16.5. The van der Waals surface area contributed by atoms with Crippen molar-refractivity contribution in [2.24, 2.45) is 0 Å². The van der Waals surface area contributed by atoms with Gasteiger partial charge >= 0.3 is 5.97 Å². The lowest BCUT2D eigenvalue weighted by Gasteiger charge is -2.09. The molecule has 1 N–H and O–H groups in total. The Morgan fingerprint density at radius 3 is 2.58 bits per heavy atom. The fourth-order valence-corrected chi connectivity index (χ4v) is 2.54. The summed E-state index contributed by atoms with van der Waals surface area (Å²) in [5.74, 6) is 0.207. The molecule has 0 amide bonds. The number of carboxylic acid groups (broad SMARTS) is 1. The first-order valence-electron chi connectivity index (χ1n) is 7.68. The number of carbonyl (C=O) groups is 1. The standard InChI is InChI=1S/C19H18N2O3/c1-3-13-7-9-15(10-8-13)21-12-17(19(22)23)20-18(21)14-5-4-6-16(11-14)24-2/h4-12H,3H2,1-2H3,(H,22,23). The predicted octanol–water partition coefficient (Wildman–Crippen LogP) is 3.81. The monoisotopic (exact) mass is 322 g/mol. The Bertz CT molecular complexity index is 867. The summed E-state index contributed by atoms with van der Waals surface area (Å²) in [6.45, 7) is 2.09. The van der Waals surface area contributed by atoms with Gasteiger partial charge in [0.05, 0.1) is 7.11 Å². The molecule has 0 aliphatic heterocycles. The predicted molar refractivity (Wildman–Crippen MR) is 91.9 cm³/mol. The number of aryl methyl sites for hydroxylation is 1. The molecule has 3 rings (SSSR count). The molecule has 3 aromatic rings. The van der Waals surface area contributed by atoms with Crippen molar-refractivity contribution in [1.82, 2.24) is 9.55 Å². The molecule has 0 unspecified atom stereocenters. The Balaban J connectivity index is 2.14. The van der Waals surface area contributed by atoms with Crippen molar-refractivity contribution in [3.05, 3.63) is 66.0 Å². The second-order valence-corrected chi connectivity index (χ2v) is 5.38. The van der Waals surface area contributed by atoms with Crippen molar-refractivity contribution in [3.8, 4) is 22.8 Å². The molecule has 0 atom stereocenters. The Hall–Kier alpha value is -3.08. The minimum Gasteiger partial charge on any atom is -0.497 e. The van der Waals surface area contributed by atoms with Crippen molar-refractivity contribution < 1.29 is 14.6 Å². The second-order valence-electron chi connectivity index (χ2n) is 5.38. The van der Waals surface area contributed by atoms with E-state index in [1.807, 2.05) is 48.5 Å². The number of imidazole rings is 1. The van der Waals surface area contributed by atoms with Gasteiger partial charge in [-0.1, -0.05) is 31.2 Å². The maximum absolute atomic E-state index is 11.4. The number of carboxylic acids is 1. The van der Waals surface area contributed by atoms with Crippen LogP contribution in [0, 0.1) is 0 Å². The van der Waals surface area contributed by atoms with Crippen molar-refractivity contribution in [2.75, 3.05) is 7.11 Å². The van der Waals surface area contributed by atoms with Crippen molar-refractivity contribution in [1.29, 1.82) is 0 Å². The lowest BCUT2D eigenvalue weighted by molar-refractivity contribution is 0.0691. The zero-order valence-corrected chi connectivity index (χ0v) is 13.6. The summed E-state index contributed by atoms with van der Waals surface area (Å²) in [6, 6.07) is 15.4. The summed E-state index contributed by atoms with van der Waals surface area (Å²) in [5, 5.41) is 9.30. The van der Waals surface area contributed by atoms with E-state index in [0.717, 1.165) is 17.7 Å². The third-order valence-corrected chi connectivity index (χ3v) is 3.88. The van der Waals surface area contributed by atoms with Crippen LogP contribution in [0.3, 0.4) is 0 Å². The largest absolute Gasteiger partial charge is 0.497 e. The summed E-state index contributed by atoms with van der Waals surface area (Å²) < 4.78 is 7.04. The van der Waals surface area contributed by atoms with E-state index in [-0.39, 0.29) is 5.69 Å². The van der Waals surface area contributed by atoms with Crippen molar-refractivity contribution in [2.45, 2.75) is 13.3 Å². The molecule has 0 aliphatic carbocycles. The molecule has 1 aromatic heterocycles. The van der Waals surface area contributed by atoms with Gasteiger partial charge in [0, 0.05) is 17.4 Å². The molecule has 0 radical (unpaired) electrons. The normalized spacial score (nSPS) is 10.6. The van der Waals surface area contributed by atoms with Gasteiger partial charge < -0.3 is 9.84 Å². The molecule has 2 aromatic carbocycles. The third kappa shape index (κ3) is 3.01. The number of nitrogens with zero attached hydrogens (tertiary/aromatic N) is 2. The topological polar surface area (TPSA) is 64.4 Å². The molecular formula is C19H18N2O3. The smallest absolute Gasteiger partial charge is 0.356 e. The van der Waals surface area contributed by atoms with Gasteiger partial charge in [-0.2, -0.15) is 0 Å². The minimum absolute atomic E-state index is 0.00684. The molecule has 1 heterocycles. The van der Waals surface area contributed by atoms with Gasteiger partial charge in [-0.25, -0.2) is 9.78 Å². The Morgan fingerprint density at radius 1 is 1.21 bits per heavy atom. The molecule has 0 fully saturated rings. The van der Waals surface area contributed by atoms with E-state index >= 15 is 0 Å². The molecule has 0 spiro atoms. The van der Waals surface area contributed by atoms with Crippen LogP contribution in [0.25, 0.3) is 17.1 Å². The second kappa shape index (κ2) is 6.58. The maximum Gasteiger partial charge on any atom is 0.356 e. The van der Waals surface area contributed by atoms with Gasteiger partial charge in [-0.3, -0.25) is 4.57 Å². The number of hydrogen-bond acceptors (Lipinski definition) is 3. The average molecular weight is 322 g/mol. The van der Waals surface area contributed by atoms with Crippen LogP contribution in [0.5, 0.6) is 5.75 Å². The molecule has 24 heavy (non-hydrogen) atoms. The van der Waals surface area contributed by atoms with Crippen LogP contribution in [0.4, 0.5) is 0 Å². The summed E-state index contributed by atoms with van der Waals surface area (Å²) in [5.41, 5.74) is 2.89. The highest BCUT2D eigenvalue weighted by molar-refractivity contribution is 5.86. The number of rotatable bonds is 5. The van der Waals surface area contributed by atoms with E-state index in [4.69, 9.17) is 4.74 Å². The minimum atomic E-state index is -1.05. The molecule has 0 saturated heterocycles. The highest BCUT2D eigenvalue weighted by Gasteiger charge is 2.16. The van der Waals surface area contributed by atoms with Crippen LogP contribution >= 0.6 is 0 Å². The van der Waals surface area contributed by atoms with Gasteiger partial charge in [0.25, 0.3) is 0 Å². The quantitative estimate of drug-likeness (QED) is 0.776. The lowest BCUT2D eigenvalue weighted by atomic mass is 10.1. The third-order valence-electron chi connectivity index (χ3n) is 3.88. The van der Waals surface area contributed by atoms with Gasteiger partial charge in [0.1, 0.15) is 11.6 Å². The molecule has 0 bridgehead atoms. The van der Waals surface area contributed by atoms with Gasteiger partial charge in [-0.15, -0.1) is 0 Å². The first-order chi connectivity index (χ1) is 11.6. The van der Waals surface area contributed by atoms with Gasteiger partial charge in [-0.05, 0) is 36.2 Å². The number of aromatic nitrogens is 2. The van der Waals surface area contributed by atoms with Crippen LogP contribution in [0.15, 0.2) is 54.7 Å². The van der Waals surface area contributed by atoms with Crippen LogP contribution < -0.4 is 4.74 Å². The summed E-state index contributed by atoms with van der Waals surface area (Å²) in [7, 11) is 1.59. The van der Waals surface area contributed by atoms with Crippen molar-refractivity contribution in [3.63, 3.8) is 0 Å². The van der Waals surface area contributed by atoms with E-state index in [1.54, 1.807) is 11.7 Å². The number of ether oxygens (including phenoxy) is 1. The van der Waals surface area contributed by atoms with E-state index < -0.39 is 5.97 Å². The SMILES string of the molecule is CCc1ccc(-n2cc(C(=O)O)nc2-c2cccc(OC)c2)cc1. The number of aromatic carboxylic acids is 1. The summed E-state index contributed by atoms with van der Waals surface area (Å²) in [4.78, 5) is 15.6. The highest BCUT2D eigenvalue weighted by Crippen LogP contribution is 2.26. The molecule has 122 valence electrons. The zero-order valence-electron chi connectivity index (χ0n) is 13.6. The van der Waals surface area contributed by atoms with Crippen LogP contribution in [0.1, 0.15) is 23.0 Å². The summed E-state index contributed by atoms with van der Waals surface area (Å²) >= 11 is 0. The molecule has 0 aliphatic rings. The fourth-order valence-electron chi connectivity index (χ4n) is 2.54. The molecule has 5 nitrogen and oxygen atoms in total. The lowest BCUT2D eigenvalue weighted by Crippen LogP contribution is -1.97. The number of hydrogen-bond donors (Lipinski definition) is 1. The van der Waals surface area contributed by atoms with Gasteiger partial charge in [0.15, 0.2) is 5.69 Å². The van der Waals surface area contributed by atoms with Crippen LogP contribution in [-0.4, -0.2) is 27.7 Å². The molecular weight excluding hydrogens is 304 g/mol. The summed E-state index contributed by atoms with van der Waals surface area (Å²) in [6.07, 6.45) is 2.49. The van der Waals surface area contributed by atoms with Crippen molar-refractivity contribution >= 4 is 5.97 Å². The first-order valence-corrected chi connectivity index (χ1v) is 7.68. The van der Waals surface area contributed by atoms with E-state index in [0.29, 0.717) is 11.6 Å². The average Bonchev–Trinajstić information content (AvgIpc) is 3.07. The zero-order chi connectivity index (χ0) is 17.1. The Labute approximate surface area is 140 Å². The van der Waals surface area contributed by atoms with Gasteiger partial charge in [0.2, 0.25) is 0 Å². The first kappa shape index (κ1) is 15.8. The van der Waals surface area contributed by atoms with Crippen LogP contribution in [0.2, 0.25) is 0 Å². The van der Waals surface area contributed by atoms with Crippen LogP contribution in [-0.2, 0) is 6.42 Å². The van der Waals surface area contributed by atoms with E-state index in [9.17, 15) is 9.90 Å². The number of benzene rings is 2. The Morgan fingerprint density at radius 2 is 1.96 bits per heavy atom.